The summed E-state index contributed by atoms with van der Waals surface area (Å²) in [7, 11) is 0. The van der Waals surface area contributed by atoms with E-state index in [1.54, 1.807) is 11.3 Å². The molecule has 3 aromatic heterocycles. The minimum atomic E-state index is 0.670. The average molecular weight is 645 g/mol. The lowest BCUT2D eigenvalue weighted by Crippen LogP contribution is -1.97. The predicted octanol–water partition coefficient (Wildman–Crippen LogP) is 11.6. The Kier molecular flexibility index (Phi) is 7.30. The molecule has 0 aliphatic heterocycles. The molecule has 4 nitrogen and oxygen atoms in total. The van der Waals surface area contributed by atoms with Crippen LogP contribution in [0, 0.1) is 0 Å². The molecule has 0 spiro atoms. The van der Waals surface area contributed by atoms with Crippen LogP contribution in [-0.2, 0) is 0 Å². The maximum absolute atomic E-state index is 5.18. The number of thiophene rings is 1. The molecule has 0 amide bonds. The monoisotopic (exact) mass is 644 g/mol. The van der Waals surface area contributed by atoms with Gasteiger partial charge in [0, 0.05) is 43.9 Å². The fourth-order valence-electron chi connectivity index (χ4n) is 6.30. The summed E-state index contributed by atoms with van der Waals surface area (Å²) in [5.41, 5.74) is 10.2. The summed E-state index contributed by atoms with van der Waals surface area (Å²) in [5.74, 6) is 1.37. The lowest BCUT2D eigenvalue weighted by atomic mass is 9.99. The molecule has 0 radical (unpaired) electrons. The summed E-state index contributed by atoms with van der Waals surface area (Å²) < 4.78 is 1.21. The standard InChI is InChI=1S/C44H28N4S/c1-3-12-29(13-4-1)31-16-9-18-33(24-31)39-27-40(47-43(46-39)36-21-10-17-32(25-36)30-14-5-2-6-15-30)34-19-11-20-35(26-34)42-45-28-38-37-22-7-8-23-41(37)49-44(38)48-42/h1-28H. The zero-order valence-corrected chi connectivity index (χ0v) is 27.2. The Labute approximate surface area is 288 Å². The fraction of sp³-hybridized carbons (Fsp3) is 0. The minimum absolute atomic E-state index is 0.670. The van der Waals surface area contributed by atoms with E-state index in [1.807, 2.05) is 18.3 Å². The van der Waals surface area contributed by atoms with Crippen LogP contribution in [-0.4, -0.2) is 19.9 Å². The molecule has 6 aromatic carbocycles. The third kappa shape index (κ3) is 5.67. The summed E-state index contributed by atoms with van der Waals surface area (Å²) in [6, 6.07) is 56.7. The lowest BCUT2D eigenvalue weighted by molar-refractivity contribution is 1.18. The molecule has 3 heterocycles. The highest BCUT2D eigenvalue weighted by Gasteiger charge is 2.15. The van der Waals surface area contributed by atoms with Crippen LogP contribution in [0.3, 0.4) is 0 Å². The maximum Gasteiger partial charge on any atom is 0.160 e. The van der Waals surface area contributed by atoms with Crippen LogP contribution in [0.15, 0.2) is 170 Å². The molecule has 0 aliphatic rings. The second-order valence-corrected chi connectivity index (χ2v) is 13.0. The normalized spacial score (nSPS) is 11.3. The Morgan fingerprint density at radius 3 is 1.49 bits per heavy atom. The quantitative estimate of drug-likeness (QED) is 0.181. The highest BCUT2D eigenvalue weighted by molar-refractivity contribution is 7.25. The molecule has 0 aliphatic carbocycles. The Hall–Kier alpha value is -6.30. The van der Waals surface area contributed by atoms with Crippen molar-refractivity contribution in [1.29, 1.82) is 0 Å². The van der Waals surface area contributed by atoms with Gasteiger partial charge in [0.15, 0.2) is 11.6 Å². The van der Waals surface area contributed by atoms with Gasteiger partial charge >= 0.3 is 0 Å². The molecular formula is C44H28N4S. The van der Waals surface area contributed by atoms with Crippen molar-refractivity contribution in [2.24, 2.45) is 0 Å². The molecule has 0 saturated carbocycles. The Morgan fingerprint density at radius 2 is 0.837 bits per heavy atom. The first-order valence-corrected chi connectivity index (χ1v) is 17.0. The summed E-state index contributed by atoms with van der Waals surface area (Å²) in [6.45, 7) is 0. The second kappa shape index (κ2) is 12.4. The van der Waals surface area contributed by atoms with E-state index in [4.69, 9.17) is 19.9 Å². The largest absolute Gasteiger partial charge is 0.236 e. The van der Waals surface area contributed by atoms with Crippen LogP contribution in [0.5, 0.6) is 0 Å². The molecule has 0 saturated heterocycles. The average Bonchev–Trinajstić information content (AvgIpc) is 3.57. The van der Waals surface area contributed by atoms with Crippen LogP contribution in [0.25, 0.3) is 87.8 Å². The summed E-state index contributed by atoms with van der Waals surface area (Å²) in [6.07, 6.45) is 1.95. The van der Waals surface area contributed by atoms with E-state index in [0.717, 1.165) is 66.1 Å². The van der Waals surface area contributed by atoms with Gasteiger partial charge < -0.3 is 0 Å². The van der Waals surface area contributed by atoms with E-state index in [9.17, 15) is 0 Å². The highest BCUT2D eigenvalue weighted by atomic mass is 32.1. The van der Waals surface area contributed by atoms with Gasteiger partial charge in [0.2, 0.25) is 0 Å². The van der Waals surface area contributed by atoms with E-state index in [-0.39, 0.29) is 0 Å². The minimum Gasteiger partial charge on any atom is -0.236 e. The van der Waals surface area contributed by atoms with Crippen molar-refractivity contribution in [3.63, 3.8) is 0 Å². The van der Waals surface area contributed by atoms with E-state index < -0.39 is 0 Å². The van der Waals surface area contributed by atoms with Gasteiger partial charge in [-0.2, -0.15) is 0 Å². The zero-order valence-electron chi connectivity index (χ0n) is 26.4. The number of aromatic nitrogens is 4. The van der Waals surface area contributed by atoms with Crippen LogP contribution >= 0.6 is 11.3 Å². The Morgan fingerprint density at radius 1 is 0.347 bits per heavy atom. The first-order valence-electron chi connectivity index (χ1n) is 16.2. The molecule has 0 N–H and O–H groups in total. The Bertz CT molecular complexity index is 2510. The number of hydrogen-bond donors (Lipinski definition) is 0. The topological polar surface area (TPSA) is 51.6 Å². The second-order valence-electron chi connectivity index (χ2n) is 11.9. The molecule has 9 aromatic rings. The van der Waals surface area contributed by atoms with E-state index in [2.05, 4.69) is 152 Å². The first-order chi connectivity index (χ1) is 24.2. The van der Waals surface area contributed by atoms with Crippen LogP contribution in [0.4, 0.5) is 0 Å². The third-order valence-corrected chi connectivity index (χ3v) is 9.85. The van der Waals surface area contributed by atoms with Gasteiger partial charge in [0.25, 0.3) is 0 Å². The van der Waals surface area contributed by atoms with Gasteiger partial charge in [-0.1, -0.05) is 133 Å². The fourth-order valence-corrected chi connectivity index (χ4v) is 7.34. The Balaban J connectivity index is 1.17. The molecular weight excluding hydrogens is 617 g/mol. The van der Waals surface area contributed by atoms with Crippen molar-refractivity contribution >= 4 is 31.6 Å². The van der Waals surface area contributed by atoms with Gasteiger partial charge in [-0.05, 0) is 52.6 Å². The van der Waals surface area contributed by atoms with Crippen molar-refractivity contribution in [3.8, 4) is 67.5 Å². The number of benzene rings is 6. The van der Waals surface area contributed by atoms with E-state index in [0.29, 0.717) is 11.6 Å². The molecule has 49 heavy (non-hydrogen) atoms. The van der Waals surface area contributed by atoms with Gasteiger partial charge in [0.05, 0.1) is 11.4 Å². The summed E-state index contributed by atoms with van der Waals surface area (Å²) >= 11 is 1.70. The summed E-state index contributed by atoms with van der Waals surface area (Å²) in [4.78, 5) is 21.1. The lowest BCUT2D eigenvalue weighted by Gasteiger charge is -2.12. The first kappa shape index (κ1) is 28.9. The highest BCUT2D eigenvalue weighted by Crippen LogP contribution is 2.35. The van der Waals surface area contributed by atoms with Gasteiger partial charge in [-0.25, -0.2) is 19.9 Å². The molecule has 0 atom stereocenters. The van der Waals surface area contributed by atoms with Crippen LogP contribution in [0.2, 0.25) is 0 Å². The maximum atomic E-state index is 5.18. The predicted molar refractivity (Wildman–Crippen MR) is 203 cm³/mol. The van der Waals surface area contributed by atoms with Gasteiger partial charge in [-0.15, -0.1) is 11.3 Å². The molecule has 5 heteroatoms. The number of nitrogens with zero attached hydrogens (tertiary/aromatic N) is 4. The molecule has 9 rings (SSSR count). The van der Waals surface area contributed by atoms with E-state index >= 15 is 0 Å². The van der Waals surface area contributed by atoms with Crippen LogP contribution < -0.4 is 0 Å². The molecule has 0 fully saturated rings. The zero-order chi connectivity index (χ0) is 32.6. The summed E-state index contributed by atoms with van der Waals surface area (Å²) in [5, 5.41) is 2.28. The van der Waals surface area contributed by atoms with Crippen molar-refractivity contribution in [3.05, 3.63) is 170 Å². The van der Waals surface area contributed by atoms with Gasteiger partial charge in [-0.3, -0.25) is 0 Å². The number of fused-ring (bicyclic) bond motifs is 3. The smallest absolute Gasteiger partial charge is 0.160 e. The van der Waals surface area contributed by atoms with Crippen molar-refractivity contribution < 1.29 is 0 Å². The van der Waals surface area contributed by atoms with Crippen molar-refractivity contribution in [1.82, 2.24) is 19.9 Å². The van der Waals surface area contributed by atoms with Gasteiger partial charge in [0.1, 0.15) is 4.83 Å². The number of rotatable bonds is 6. The molecule has 0 bridgehead atoms. The number of hydrogen-bond acceptors (Lipinski definition) is 5. The van der Waals surface area contributed by atoms with E-state index in [1.165, 1.54) is 10.1 Å². The SMILES string of the molecule is c1ccc(-c2cccc(-c3cc(-c4cccc(-c5ncc6c(n5)sc5ccccc56)c4)nc(-c4cccc(-c5ccccc5)c4)n3)c2)cc1. The molecule has 0 unspecified atom stereocenters. The van der Waals surface area contributed by atoms with Crippen molar-refractivity contribution in [2.45, 2.75) is 0 Å². The third-order valence-electron chi connectivity index (χ3n) is 8.77. The molecule has 230 valence electrons. The van der Waals surface area contributed by atoms with Crippen molar-refractivity contribution in [2.75, 3.05) is 0 Å². The van der Waals surface area contributed by atoms with Crippen LogP contribution in [0.1, 0.15) is 0 Å².